The maximum absolute atomic E-state index is 8.65. The van der Waals surface area contributed by atoms with Gasteiger partial charge in [-0.2, -0.15) is 0 Å². The van der Waals surface area contributed by atoms with E-state index < -0.39 is 0 Å². The van der Waals surface area contributed by atoms with Crippen molar-refractivity contribution in [3.05, 3.63) is 0 Å². The second kappa shape index (κ2) is 4.73. The van der Waals surface area contributed by atoms with Gasteiger partial charge >= 0.3 is 0 Å². The van der Waals surface area contributed by atoms with Crippen molar-refractivity contribution in [2.45, 2.75) is 19.9 Å². The standard InChI is InChI=1S/C6H15NO2/c1-5(2)6(3-8)7-4-9/h5-9H,3-4H2,1-2H3/t6-/m1/s1. The molecule has 3 N–H and O–H groups in total. The summed E-state index contributed by atoms with van der Waals surface area (Å²) in [5.41, 5.74) is 0. The Balaban J connectivity index is 3.41. The first kappa shape index (κ1) is 8.88. The van der Waals surface area contributed by atoms with E-state index in [2.05, 4.69) is 5.32 Å². The fraction of sp³-hybridized carbons (Fsp3) is 1.00. The van der Waals surface area contributed by atoms with Gasteiger partial charge in [-0.25, -0.2) is 0 Å². The summed E-state index contributed by atoms with van der Waals surface area (Å²) in [5, 5.41) is 19.8. The largest absolute Gasteiger partial charge is 0.395 e. The van der Waals surface area contributed by atoms with Gasteiger partial charge in [0, 0.05) is 6.04 Å². The molecule has 0 amide bonds. The fourth-order valence-electron chi connectivity index (χ4n) is 0.628. The van der Waals surface area contributed by atoms with Crippen LogP contribution < -0.4 is 5.32 Å². The molecule has 0 fully saturated rings. The van der Waals surface area contributed by atoms with Gasteiger partial charge < -0.3 is 10.2 Å². The zero-order valence-electron chi connectivity index (χ0n) is 5.96. The van der Waals surface area contributed by atoms with Crippen LogP contribution in [0, 0.1) is 5.92 Å². The number of aliphatic hydroxyl groups is 2. The Labute approximate surface area is 55.7 Å². The minimum absolute atomic E-state index is 0.0231. The van der Waals surface area contributed by atoms with Crippen molar-refractivity contribution in [3.8, 4) is 0 Å². The lowest BCUT2D eigenvalue weighted by Crippen LogP contribution is -2.37. The van der Waals surface area contributed by atoms with Gasteiger partial charge in [0.05, 0.1) is 13.3 Å². The summed E-state index contributed by atoms with van der Waals surface area (Å²) >= 11 is 0. The maximum atomic E-state index is 8.65. The van der Waals surface area contributed by atoms with Crippen molar-refractivity contribution in [3.63, 3.8) is 0 Å². The molecule has 56 valence electrons. The first-order valence-corrected chi connectivity index (χ1v) is 3.17. The number of hydrogen-bond acceptors (Lipinski definition) is 3. The van der Waals surface area contributed by atoms with Crippen LogP contribution in [-0.4, -0.2) is 29.6 Å². The molecule has 0 aromatic rings. The molecule has 0 aliphatic rings. The van der Waals surface area contributed by atoms with Crippen LogP contribution in [0.2, 0.25) is 0 Å². The van der Waals surface area contributed by atoms with Crippen molar-refractivity contribution >= 4 is 0 Å². The van der Waals surface area contributed by atoms with E-state index in [1.54, 1.807) is 0 Å². The molecular formula is C6H15NO2. The lowest BCUT2D eigenvalue weighted by Gasteiger charge is -2.17. The minimum Gasteiger partial charge on any atom is -0.395 e. The van der Waals surface area contributed by atoms with E-state index in [-0.39, 0.29) is 19.4 Å². The lowest BCUT2D eigenvalue weighted by molar-refractivity contribution is 0.165. The number of rotatable bonds is 4. The third-order valence-electron chi connectivity index (χ3n) is 1.35. The van der Waals surface area contributed by atoms with Crippen molar-refractivity contribution < 1.29 is 10.2 Å². The molecule has 1 atom stereocenters. The molecule has 0 radical (unpaired) electrons. The zero-order chi connectivity index (χ0) is 7.28. The average Bonchev–Trinajstić information content (AvgIpc) is 1.82. The molecule has 0 saturated carbocycles. The summed E-state index contributed by atoms with van der Waals surface area (Å²) in [6.45, 7) is 3.99. The number of aliphatic hydroxyl groups excluding tert-OH is 2. The molecule has 0 aromatic carbocycles. The molecule has 3 heteroatoms. The normalized spacial score (nSPS) is 14.3. The van der Waals surface area contributed by atoms with E-state index in [1.807, 2.05) is 13.8 Å². The quantitative estimate of drug-likeness (QED) is 0.455. The summed E-state index contributed by atoms with van der Waals surface area (Å²) < 4.78 is 0. The Bertz CT molecular complexity index is 66.1. The highest BCUT2D eigenvalue weighted by atomic mass is 16.3. The third-order valence-corrected chi connectivity index (χ3v) is 1.35. The molecule has 0 aliphatic carbocycles. The highest BCUT2D eigenvalue weighted by molar-refractivity contribution is 4.66. The lowest BCUT2D eigenvalue weighted by atomic mass is 10.1. The predicted molar refractivity (Wildman–Crippen MR) is 35.9 cm³/mol. The van der Waals surface area contributed by atoms with E-state index in [1.165, 1.54) is 0 Å². The van der Waals surface area contributed by atoms with Gasteiger partial charge in [0.2, 0.25) is 0 Å². The fourth-order valence-corrected chi connectivity index (χ4v) is 0.628. The van der Waals surface area contributed by atoms with E-state index >= 15 is 0 Å². The van der Waals surface area contributed by atoms with Crippen LogP contribution >= 0.6 is 0 Å². The summed E-state index contributed by atoms with van der Waals surface area (Å²) in [4.78, 5) is 0. The molecule has 0 spiro atoms. The molecule has 3 nitrogen and oxygen atoms in total. The molecule has 9 heavy (non-hydrogen) atoms. The molecule has 0 rings (SSSR count). The van der Waals surface area contributed by atoms with Gasteiger partial charge in [0.1, 0.15) is 0 Å². The Morgan fingerprint density at radius 1 is 1.33 bits per heavy atom. The Hall–Kier alpha value is -0.120. The Kier molecular flexibility index (Phi) is 4.67. The molecule has 0 heterocycles. The molecule has 0 aliphatic heterocycles. The van der Waals surface area contributed by atoms with Crippen molar-refractivity contribution in [1.82, 2.24) is 5.32 Å². The van der Waals surface area contributed by atoms with Crippen LogP contribution in [0.5, 0.6) is 0 Å². The minimum atomic E-state index is -0.0661. The van der Waals surface area contributed by atoms with Crippen LogP contribution in [0.25, 0.3) is 0 Å². The molecule has 0 bridgehead atoms. The van der Waals surface area contributed by atoms with E-state index in [9.17, 15) is 0 Å². The van der Waals surface area contributed by atoms with Crippen LogP contribution in [0.15, 0.2) is 0 Å². The van der Waals surface area contributed by atoms with Crippen molar-refractivity contribution in [1.29, 1.82) is 0 Å². The van der Waals surface area contributed by atoms with Crippen LogP contribution in [0.1, 0.15) is 13.8 Å². The van der Waals surface area contributed by atoms with Gasteiger partial charge in [-0.3, -0.25) is 5.32 Å². The SMILES string of the molecule is CC(C)[C@@H](CO)NCO. The topological polar surface area (TPSA) is 52.5 Å². The highest BCUT2D eigenvalue weighted by Crippen LogP contribution is 1.98. The van der Waals surface area contributed by atoms with Crippen LogP contribution in [0.3, 0.4) is 0 Å². The van der Waals surface area contributed by atoms with Gasteiger partial charge in [0.25, 0.3) is 0 Å². The maximum Gasteiger partial charge on any atom is 0.0934 e. The summed E-state index contributed by atoms with van der Waals surface area (Å²) in [5.74, 6) is 0.363. The van der Waals surface area contributed by atoms with Crippen molar-refractivity contribution in [2.75, 3.05) is 13.3 Å². The van der Waals surface area contributed by atoms with Gasteiger partial charge in [-0.15, -0.1) is 0 Å². The smallest absolute Gasteiger partial charge is 0.0934 e. The van der Waals surface area contributed by atoms with Crippen molar-refractivity contribution in [2.24, 2.45) is 5.92 Å². The van der Waals surface area contributed by atoms with Gasteiger partial charge in [-0.1, -0.05) is 13.8 Å². The van der Waals surface area contributed by atoms with Crippen LogP contribution in [-0.2, 0) is 0 Å². The Morgan fingerprint density at radius 2 is 1.89 bits per heavy atom. The molecule has 0 saturated heterocycles. The highest BCUT2D eigenvalue weighted by Gasteiger charge is 2.08. The van der Waals surface area contributed by atoms with E-state index in [0.29, 0.717) is 5.92 Å². The summed E-state index contributed by atoms with van der Waals surface area (Å²) in [6, 6.07) is 0.0231. The summed E-state index contributed by atoms with van der Waals surface area (Å²) in [6.07, 6.45) is 0. The number of hydrogen-bond donors (Lipinski definition) is 3. The molecule has 0 unspecified atom stereocenters. The Morgan fingerprint density at radius 3 is 2.00 bits per heavy atom. The monoisotopic (exact) mass is 133 g/mol. The van der Waals surface area contributed by atoms with Crippen LogP contribution in [0.4, 0.5) is 0 Å². The van der Waals surface area contributed by atoms with Gasteiger partial charge in [-0.05, 0) is 5.92 Å². The summed E-state index contributed by atoms with van der Waals surface area (Å²) in [7, 11) is 0. The van der Waals surface area contributed by atoms with Gasteiger partial charge in [0.15, 0.2) is 0 Å². The second-order valence-corrected chi connectivity index (χ2v) is 2.40. The average molecular weight is 133 g/mol. The third kappa shape index (κ3) is 3.46. The number of nitrogens with one attached hydrogen (secondary N) is 1. The second-order valence-electron chi connectivity index (χ2n) is 2.40. The van der Waals surface area contributed by atoms with E-state index in [0.717, 1.165) is 0 Å². The first-order valence-electron chi connectivity index (χ1n) is 3.17. The molecule has 0 aromatic heterocycles. The predicted octanol–water partition coefficient (Wildman–Crippen LogP) is -0.457. The van der Waals surface area contributed by atoms with E-state index in [4.69, 9.17) is 10.2 Å². The zero-order valence-corrected chi connectivity index (χ0v) is 5.96. The molecular weight excluding hydrogens is 118 g/mol. The first-order chi connectivity index (χ1) is 4.22.